The molecule has 0 heterocycles. The molecule has 0 aliphatic carbocycles. The lowest BCUT2D eigenvalue weighted by Crippen LogP contribution is -2.23. The Morgan fingerprint density at radius 2 is 1.83 bits per heavy atom. The first-order valence-electron chi connectivity index (χ1n) is 4.24. The van der Waals surface area contributed by atoms with E-state index in [1.165, 1.54) is 6.92 Å². The van der Waals surface area contributed by atoms with Crippen LogP contribution in [0.4, 0.5) is 18.9 Å². The molecule has 18 heavy (non-hydrogen) atoms. The molecular weight excluding hydrogens is 299 g/mol. The van der Waals surface area contributed by atoms with Gasteiger partial charge in [0.1, 0.15) is 0 Å². The van der Waals surface area contributed by atoms with Crippen LogP contribution in [0.3, 0.4) is 0 Å². The van der Waals surface area contributed by atoms with Crippen molar-refractivity contribution in [3.8, 4) is 0 Å². The average Bonchev–Trinajstić information content (AvgIpc) is 2.19. The van der Waals surface area contributed by atoms with Gasteiger partial charge < -0.3 is 0 Å². The molecule has 1 aromatic rings. The summed E-state index contributed by atoms with van der Waals surface area (Å²) in [6, 6.07) is 0.872. The number of nitro benzene ring substituents is 1. The lowest BCUT2D eigenvalue weighted by molar-refractivity contribution is -0.385. The first-order chi connectivity index (χ1) is 7.98. The van der Waals surface area contributed by atoms with E-state index in [-0.39, 0.29) is 5.56 Å². The van der Waals surface area contributed by atoms with E-state index in [9.17, 15) is 31.7 Å². The Morgan fingerprint density at radius 1 is 1.33 bits per heavy atom. The van der Waals surface area contributed by atoms with Crippen molar-refractivity contribution in [2.45, 2.75) is 17.3 Å². The zero-order valence-electron chi connectivity index (χ0n) is 8.66. The largest absolute Gasteiger partial charge is 0.501 e. The first kappa shape index (κ1) is 14.7. The third-order valence-corrected chi connectivity index (χ3v) is 3.96. The molecule has 0 unspecified atom stereocenters. The molecular formula is C8H5ClF3NO4S. The summed E-state index contributed by atoms with van der Waals surface area (Å²) < 4.78 is 59.0. The smallest absolute Gasteiger partial charge is 0.258 e. The van der Waals surface area contributed by atoms with E-state index in [0.29, 0.717) is 12.1 Å². The number of nitrogens with zero attached hydrogens (tertiary/aromatic N) is 1. The fourth-order valence-electron chi connectivity index (χ4n) is 1.12. The first-order valence-corrected chi connectivity index (χ1v) is 6.10. The van der Waals surface area contributed by atoms with E-state index in [1.807, 2.05) is 0 Å². The second-order valence-electron chi connectivity index (χ2n) is 3.26. The van der Waals surface area contributed by atoms with Gasteiger partial charge in [-0.3, -0.25) is 10.1 Å². The lowest BCUT2D eigenvalue weighted by atomic mass is 10.2. The van der Waals surface area contributed by atoms with E-state index in [2.05, 4.69) is 0 Å². The molecule has 0 spiro atoms. The van der Waals surface area contributed by atoms with Crippen LogP contribution in [-0.4, -0.2) is 18.8 Å². The van der Waals surface area contributed by atoms with Crippen LogP contribution in [-0.2, 0) is 9.84 Å². The van der Waals surface area contributed by atoms with Gasteiger partial charge in [0.05, 0.1) is 14.8 Å². The minimum Gasteiger partial charge on any atom is -0.258 e. The minimum absolute atomic E-state index is 0.109. The third kappa shape index (κ3) is 2.41. The van der Waals surface area contributed by atoms with Gasteiger partial charge >= 0.3 is 5.51 Å². The average molecular weight is 304 g/mol. The predicted molar refractivity (Wildman–Crippen MR) is 56.1 cm³/mol. The Balaban J connectivity index is 3.61. The summed E-state index contributed by atoms with van der Waals surface area (Å²) >= 11 is 5.48. The van der Waals surface area contributed by atoms with Crippen LogP contribution < -0.4 is 0 Å². The van der Waals surface area contributed by atoms with Crippen LogP contribution in [0.5, 0.6) is 0 Å². The summed E-state index contributed by atoms with van der Waals surface area (Å²) in [7, 11) is -5.66. The zero-order valence-corrected chi connectivity index (χ0v) is 10.2. The molecule has 0 aliphatic rings. The van der Waals surface area contributed by atoms with E-state index in [0.717, 1.165) is 0 Å². The van der Waals surface area contributed by atoms with Crippen LogP contribution in [0.25, 0.3) is 0 Å². The molecule has 100 valence electrons. The van der Waals surface area contributed by atoms with E-state index in [4.69, 9.17) is 11.6 Å². The second-order valence-corrected chi connectivity index (χ2v) is 5.60. The number of alkyl halides is 3. The van der Waals surface area contributed by atoms with Gasteiger partial charge in [-0.25, -0.2) is 8.42 Å². The van der Waals surface area contributed by atoms with E-state index >= 15 is 0 Å². The summed E-state index contributed by atoms with van der Waals surface area (Å²) in [6.07, 6.45) is 0. The maximum atomic E-state index is 12.3. The molecule has 0 aliphatic heterocycles. The van der Waals surface area contributed by atoms with Gasteiger partial charge in [0.15, 0.2) is 0 Å². The highest BCUT2D eigenvalue weighted by Crippen LogP contribution is 2.35. The molecule has 0 aromatic heterocycles. The van der Waals surface area contributed by atoms with Crippen molar-refractivity contribution in [1.29, 1.82) is 0 Å². The van der Waals surface area contributed by atoms with Crippen molar-refractivity contribution in [3.63, 3.8) is 0 Å². The van der Waals surface area contributed by atoms with Gasteiger partial charge in [-0.1, -0.05) is 11.6 Å². The quantitative estimate of drug-likeness (QED) is 0.621. The summed E-state index contributed by atoms with van der Waals surface area (Å²) in [4.78, 5) is 8.32. The van der Waals surface area contributed by atoms with Gasteiger partial charge in [0.25, 0.3) is 15.5 Å². The molecule has 0 bridgehead atoms. The number of sulfone groups is 1. The third-order valence-electron chi connectivity index (χ3n) is 2.10. The van der Waals surface area contributed by atoms with Crippen LogP contribution in [0.1, 0.15) is 5.56 Å². The summed E-state index contributed by atoms with van der Waals surface area (Å²) in [6.45, 7) is 1.20. The van der Waals surface area contributed by atoms with Crippen molar-refractivity contribution in [1.82, 2.24) is 0 Å². The predicted octanol–water partition coefficient (Wildman–Crippen LogP) is 2.85. The van der Waals surface area contributed by atoms with Crippen molar-refractivity contribution in [2.24, 2.45) is 0 Å². The Morgan fingerprint density at radius 3 is 2.22 bits per heavy atom. The fourth-order valence-corrected chi connectivity index (χ4v) is 2.20. The molecule has 1 rings (SSSR count). The highest BCUT2D eigenvalue weighted by molar-refractivity contribution is 7.92. The Kier molecular flexibility index (Phi) is 3.59. The van der Waals surface area contributed by atoms with E-state index in [1.54, 1.807) is 0 Å². The molecule has 0 amide bonds. The fraction of sp³-hybridized carbons (Fsp3) is 0.250. The number of hydrogen-bond acceptors (Lipinski definition) is 4. The molecule has 0 fully saturated rings. The van der Waals surface area contributed by atoms with E-state index < -0.39 is 35.9 Å². The second kappa shape index (κ2) is 4.39. The van der Waals surface area contributed by atoms with Gasteiger partial charge in [0, 0.05) is 11.6 Å². The van der Waals surface area contributed by atoms with Crippen molar-refractivity contribution in [2.75, 3.05) is 0 Å². The van der Waals surface area contributed by atoms with Crippen LogP contribution in [0, 0.1) is 17.0 Å². The summed E-state index contributed by atoms with van der Waals surface area (Å²) in [5.41, 5.74) is -6.44. The van der Waals surface area contributed by atoms with Crippen molar-refractivity contribution in [3.05, 3.63) is 32.8 Å². The normalized spacial score (nSPS) is 12.5. The highest BCUT2D eigenvalue weighted by atomic mass is 35.5. The highest BCUT2D eigenvalue weighted by Gasteiger charge is 2.47. The molecule has 0 N–H and O–H groups in total. The molecule has 0 saturated heterocycles. The molecule has 0 atom stereocenters. The van der Waals surface area contributed by atoms with Gasteiger partial charge in [-0.15, -0.1) is 0 Å². The molecule has 0 saturated carbocycles. The molecule has 1 aromatic carbocycles. The number of halogens is 4. The summed E-state index contributed by atoms with van der Waals surface area (Å²) in [5, 5.41) is 10.1. The zero-order chi connectivity index (χ0) is 14.3. The molecule has 0 radical (unpaired) electrons. The SMILES string of the molecule is Cc1c(Cl)cc(S(=O)(=O)C(F)(F)F)cc1[N+](=O)[O-]. The Hall–Kier alpha value is -1.35. The summed E-state index contributed by atoms with van der Waals surface area (Å²) in [5.74, 6) is 0. The Bertz CT molecular complexity index is 612. The lowest BCUT2D eigenvalue weighted by Gasteiger charge is -2.09. The van der Waals surface area contributed by atoms with Crippen molar-refractivity contribution < 1.29 is 26.5 Å². The standard InChI is InChI=1S/C8H5ClF3NO4S/c1-4-6(9)2-5(3-7(4)13(14)15)18(16,17)8(10,11)12/h2-3H,1H3. The molecule has 5 nitrogen and oxygen atoms in total. The number of benzene rings is 1. The molecule has 10 heteroatoms. The topological polar surface area (TPSA) is 77.3 Å². The van der Waals surface area contributed by atoms with Gasteiger partial charge in [-0.05, 0) is 13.0 Å². The minimum atomic E-state index is -5.66. The Labute approximate surface area is 104 Å². The van der Waals surface area contributed by atoms with Crippen LogP contribution >= 0.6 is 11.6 Å². The van der Waals surface area contributed by atoms with Crippen LogP contribution in [0.2, 0.25) is 5.02 Å². The number of hydrogen-bond donors (Lipinski definition) is 0. The number of rotatable bonds is 2. The van der Waals surface area contributed by atoms with Gasteiger partial charge in [-0.2, -0.15) is 13.2 Å². The van der Waals surface area contributed by atoms with Crippen LogP contribution in [0.15, 0.2) is 17.0 Å². The number of nitro groups is 1. The van der Waals surface area contributed by atoms with Crippen molar-refractivity contribution >= 4 is 27.1 Å². The maximum Gasteiger partial charge on any atom is 0.501 e. The van der Waals surface area contributed by atoms with Gasteiger partial charge in [0.2, 0.25) is 0 Å². The monoisotopic (exact) mass is 303 g/mol. The maximum absolute atomic E-state index is 12.3.